The van der Waals surface area contributed by atoms with Crippen molar-refractivity contribution >= 4 is 17.3 Å². The lowest BCUT2D eigenvalue weighted by molar-refractivity contribution is -0.123. The van der Waals surface area contributed by atoms with E-state index in [9.17, 15) is 29.7 Å². The molecule has 0 amide bonds. The Morgan fingerprint density at radius 3 is 2.41 bits per heavy atom. The van der Waals surface area contributed by atoms with Crippen LogP contribution in [0, 0.1) is 6.92 Å². The Morgan fingerprint density at radius 2 is 1.86 bits per heavy atom. The third-order valence-electron chi connectivity index (χ3n) is 5.50. The molecule has 1 heterocycles. The van der Waals surface area contributed by atoms with Crippen molar-refractivity contribution in [1.29, 1.82) is 0 Å². The maximum Gasteiger partial charge on any atom is 0.194 e. The van der Waals surface area contributed by atoms with Gasteiger partial charge in [0.05, 0.1) is 17.7 Å². The first-order valence-electron chi connectivity index (χ1n) is 9.14. The normalized spacial score (nSPS) is 23.0. The second-order valence-electron chi connectivity index (χ2n) is 7.61. The van der Waals surface area contributed by atoms with E-state index in [1.54, 1.807) is 13.8 Å². The summed E-state index contributed by atoms with van der Waals surface area (Å²) in [5.41, 5.74) is -1.45. The highest BCUT2D eigenvalue weighted by Crippen LogP contribution is 2.57. The molecule has 2 atom stereocenters. The van der Waals surface area contributed by atoms with E-state index in [0.717, 1.165) is 6.08 Å². The van der Waals surface area contributed by atoms with Gasteiger partial charge >= 0.3 is 0 Å². The van der Waals surface area contributed by atoms with Gasteiger partial charge in [0, 0.05) is 23.4 Å². The number of ketones is 3. The number of aliphatic hydroxyl groups excluding tert-OH is 1. The van der Waals surface area contributed by atoms with Crippen molar-refractivity contribution in [1.82, 2.24) is 5.32 Å². The number of rotatable bonds is 4. The van der Waals surface area contributed by atoms with E-state index in [4.69, 9.17) is 4.74 Å². The number of allylic oxidation sites excluding steroid dienone is 4. The minimum absolute atomic E-state index is 0.0166. The van der Waals surface area contributed by atoms with E-state index in [2.05, 4.69) is 5.32 Å². The predicted molar refractivity (Wildman–Crippen MR) is 103 cm³/mol. The van der Waals surface area contributed by atoms with Gasteiger partial charge in [-0.25, -0.2) is 0 Å². The summed E-state index contributed by atoms with van der Waals surface area (Å²) < 4.78 is 5.69. The number of nitrogens with one attached hydrogen (secondary N) is 1. The van der Waals surface area contributed by atoms with Crippen LogP contribution in [-0.4, -0.2) is 45.3 Å². The van der Waals surface area contributed by atoms with Gasteiger partial charge in [-0.2, -0.15) is 0 Å². The molecule has 0 saturated heterocycles. The van der Waals surface area contributed by atoms with Crippen molar-refractivity contribution in [2.24, 2.45) is 0 Å². The number of carbonyl (C=O) groups excluding carboxylic acids is 3. The van der Waals surface area contributed by atoms with Crippen LogP contribution in [0.3, 0.4) is 0 Å². The van der Waals surface area contributed by atoms with E-state index < -0.39 is 28.5 Å². The number of hydrogen-bond donors (Lipinski definition) is 4. The van der Waals surface area contributed by atoms with Gasteiger partial charge in [0.1, 0.15) is 34.0 Å². The number of ether oxygens (including phenoxy) is 1. The number of phenolic OH excluding ortho intramolecular Hbond substituents is 2. The molecule has 0 saturated carbocycles. The van der Waals surface area contributed by atoms with Crippen LogP contribution < -0.4 is 10.1 Å². The smallest absolute Gasteiger partial charge is 0.194 e. The number of aliphatic hydroxyl groups is 1. The van der Waals surface area contributed by atoms with Crippen LogP contribution in [0.25, 0.3) is 0 Å². The van der Waals surface area contributed by atoms with E-state index >= 15 is 0 Å². The monoisotopic (exact) mass is 401 g/mol. The molecule has 0 bridgehead atoms. The number of benzene rings is 1. The lowest BCUT2D eigenvalue weighted by Gasteiger charge is -2.29. The Morgan fingerprint density at radius 1 is 1.24 bits per heavy atom. The number of carbonyl (C=O) groups is 3. The zero-order chi connectivity index (χ0) is 21.8. The SMILES string of the molecule is CC(=O)c1c(O)c(C)c(O)c2c1OC1=CC(=O)C(=C(C)NC(C)CO)C(=O)C12C. The highest BCUT2D eigenvalue weighted by molar-refractivity contribution is 6.31. The van der Waals surface area contributed by atoms with Crippen LogP contribution in [0.15, 0.2) is 23.1 Å². The molecule has 1 aliphatic carbocycles. The maximum atomic E-state index is 13.5. The zero-order valence-electron chi connectivity index (χ0n) is 16.8. The van der Waals surface area contributed by atoms with Gasteiger partial charge in [-0.3, -0.25) is 14.4 Å². The van der Waals surface area contributed by atoms with Gasteiger partial charge in [0.2, 0.25) is 0 Å². The highest BCUT2D eigenvalue weighted by Gasteiger charge is 2.56. The minimum Gasteiger partial charge on any atom is -0.507 e. The Labute approximate surface area is 167 Å². The Kier molecular flexibility index (Phi) is 4.78. The molecule has 4 N–H and O–H groups in total. The van der Waals surface area contributed by atoms with Crippen molar-refractivity contribution in [2.75, 3.05) is 6.61 Å². The lowest BCUT2D eigenvalue weighted by Crippen LogP contribution is -2.42. The van der Waals surface area contributed by atoms with Crippen LogP contribution in [0.1, 0.15) is 49.2 Å². The average molecular weight is 401 g/mol. The van der Waals surface area contributed by atoms with E-state index in [-0.39, 0.29) is 57.9 Å². The molecule has 8 heteroatoms. The second kappa shape index (κ2) is 6.73. The third kappa shape index (κ3) is 2.74. The fourth-order valence-corrected chi connectivity index (χ4v) is 3.85. The van der Waals surface area contributed by atoms with Crippen LogP contribution >= 0.6 is 0 Å². The molecule has 1 aliphatic heterocycles. The van der Waals surface area contributed by atoms with Gasteiger partial charge in [-0.05, 0) is 34.6 Å². The van der Waals surface area contributed by atoms with Crippen LogP contribution in [0.5, 0.6) is 17.2 Å². The number of hydrogen-bond acceptors (Lipinski definition) is 8. The maximum absolute atomic E-state index is 13.5. The van der Waals surface area contributed by atoms with Gasteiger partial charge in [0.15, 0.2) is 17.3 Å². The zero-order valence-corrected chi connectivity index (χ0v) is 16.8. The quantitative estimate of drug-likeness (QED) is 0.339. The highest BCUT2D eigenvalue weighted by atomic mass is 16.5. The van der Waals surface area contributed by atoms with Crippen LogP contribution in [0.2, 0.25) is 0 Å². The van der Waals surface area contributed by atoms with Crippen molar-refractivity contribution in [3.63, 3.8) is 0 Å². The number of fused-ring (bicyclic) bond motifs is 3. The first-order chi connectivity index (χ1) is 13.5. The standard InChI is InChI=1S/C21H23NO7/c1-8(7-23)22-10(3)14-12(25)6-13-21(5,20(14)28)16-18(27)9(2)17(26)15(11(4)24)19(16)29-13/h6,8,22-23,26-27H,7H2,1-5H3. The van der Waals surface area contributed by atoms with Crippen molar-refractivity contribution in [3.8, 4) is 17.2 Å². The number of phenols is 2. The molecule has 29 heavy (non-hydrogen) atoms. The van der Waals surface area contributed by atoms with E-state index in [0.29, 0.717) is 0 Å². The topological polar surface area (TPSA) is 133 Å². The second-order valence-corrected chi connectivity index (χ2v) is 7.61. The Balaban J connectivity index is 2.31. The summed E-state index contributed by atoms with van der Waals surface area (Å²) in [6.45, 7) is 7.21. The molecule has 3 rings (SSSR count). The van der Waals surface area contributed by atoms with Crippen molar-refractivity contribution < 1.29 is 34.4 Å². The summed E-state index contributed by atoms with van der Waals surface area (Å²) in [7, 11) is 0. The molecule has 0 radical (unpaired) electrons. The first-order valence-corrected chi connectivity index (χ1v) is 9.14. The predicted octanol–water partition coefficient (Wildman–Crippen LogP) is 1.54. The molecular weight excluding hydrogens is 378 g/mol. The molecule has 1 aromatic carbocycles. The van der Waals surface area contributed by atoms with Crippen LogP contribution in [0.4, 0.5) is 0 Å². The van der Waals surface area contributed by atoms with Crippen molar-refractivity contribution in [3.05, 3.63) is 39.8 Å². The molecule has 0 fully saturated rings. The van der Waals surface area contributed by atoms with Crippen LogP contribution in [-0.2, 0) is 15.0 Å². The van der Waals surface area contributed by atoms with Gasteiger partial charge in [-0.15, -0.1) is 0 Å². The largest absolute Gasteiger partial charge is 0.507 e. The lowest BCUT2D eigenvalue weighted by atomic mass is 9.70. The summed E-state index contributed by atoms with van der Waals surface area (Å²) in [5.74, 6) is -2.64. The average Bonchev–Trinajstić information content (AvgIpc) is 2.93. The van der Waals surface area contributed by atoms with E-state index in [1.807, 2.05) is 0 Å². The van der Waals surface area contributed by atoms with E-state index in [1.165, 1.54) is 20.8 Å². The first kappa shape index (κ1) is 20.6. The molecule has 8 nitrogen and oxygen atoms in total. The molecular formula is C21H23NO7. The number of Topliss-reactive ketones (excluding diaryl/α,β-unsaturated/α-hetero) is 2. The Hall–Kier alpha value is -3.13. The van der Waals surface area contributed by atoms with Gasteiger partial charge in [-0.1, -0.05) is 0 Å². The number of aromatic hydroxyl groups is 2. The fraction of sp³-hybridized carbons (Fsp3) is 0.381. The molecule has 2 unspecified atom stereocenters. The molecule has 0 spiro atoms. The summed E-state index contributed by atoms with van der Waals surface area (Å²) in [6, 6.07) is -0.384. The minimum atomic E-state index is -1.54. The van der Waals surface area contributed by atoms with Gasteiger partial charge in [0.25, 0.3) is 0 Å². The Bertz CT molecular complexity index is 1030. The summed E-state index contributed by atoms with van der Waals surface area (Å²) >= 11 is 0. The summed E-state index contributed by atoms with van der Waals surface area (Å²) in [4.78, 5) is 38.3. The molecule has 154 valence electrons. The summed E-state index contributed by atoms with van der Waals surface area (Å²) in [5, 5.41) is 33.2. The van der Waals surface area contributed by atoms with Gasteiger partial charge < -0.3 is 25.4 Å². The summed E-state index contributed by atoms with van der Waals surface area (Å²) in [6.07, 6.45) is 1.15. The molecule has 0 aromatic heterocycles. The fourth-order valence-electron chi connectivity index (χ4n) is 3.85. The van der Waals surface area contributed by atoms with Crippen molar-refractivity contribution in [2.45, 2.75) is 46.1 Å². The third-order valence-corrected chi connectivity index (χ3v) is 5.50. The molecule has 2 aliphatic rings. The molecule has 1 aromatic rings.